The van der Waals surface area contributed by atoms with E-state index in [0.717, 1.165) is 21.9 Å². The Hall–Kier alpha value is -3.45. The summed E-state index contributed by atoms with van der Waals surface area (Å²) in [7, 11) is 0. The van der Waals surface area contributed by atoms with Crippen LogP contribution in [0.1, 0.15) is 11.1 Å². The summed E-state index contributed by atoms with van der Waals surface area (Å²) in [6.45, 7) is 0.335. The molecule has 24 heavy (non-hydrogen) atoms. The standard InChI is InChI=1S/C20H15N3O/c21-12-18(20(24)23-14-15-5-4-10-22-13-15)11-17-8-3-7-16-6-1-2-9-19(16)17/h1-11,13H,14H2,(H,23,24)/b18-11+. The summed E-state index contributed by atoms with van der Waals surface area (Å²) >= 11 is 0. The summed E-state index contributed by atoms with van der Waals surface area (Å²) in [6, 6.07) is 19.3. The van der Waals surface area contributed by atoms with Gasteiger partial charge in [-0.25, -0.2) is 0 Å². The third-order valence-electron chi connectivity index (χ3n) is 3.66. The molecule has 3 rings (SSSR count). The van der Waals surface area contributed by atoms with Crippen LogP contribution in [0.3, 0.4) is 0 Å². The van der Waals surface area contributed by atoms with Gasteiger partial charge in [-0.15, -0.1) is 0 Å². The number of hydrogen-bond donors (Lipinski definition) is 1. The largest absolute Gasteiger partial charge is 0.347 e. The summed E-state index contributed by atoms with van der Waals surface area (Å²) in [5.74, 6) is -0.394. The monoisotopic (exact) mass is 313 g/mol. The van der Waals surface area contributed by atoms with E-state index in [1.807, 2.05) is 54.6 Å². The van der Waals surface area contributed by atoms with E-state index >= 15 is 0 Å². The molecule has 0 aliphatic heterocycles. The molecule has 4 nitrogen and oxygen atoms in total. The van der Waals surface area contributed by atoms with Crippen LogP contribution in [0.15, 0.2) is 72.6 Å². The van der Waals surface area contributed by atoms with E-state index in [0.29, 0.717) is 6.54 Å². The molecule has 0 spiro atoms. The first kappa shape index (κ1) is 15.4. The smallest absolute Gasteiger partial charge is 0.262 e. The summed E-state index contributed by atoms with van der Waals surface area (Å²) in [5, 5.41) is 14.2. The van der Waals surface area contributed by atoms with E-state index in [2.05, 4.69) is 10.3 Å². The predicted molar refractivity (Wildman–Crippen MR) is 93.6 cm³/mol. The van der Waals surface area contributed by atoms with Crippen molar-refractivity contribution in [2.45, 2.75) is 6.54 Å². The molecule has 2 aromatic carbocycles. The Labute approximate surface area is 140 Å². The van der Waals surface area contributed by atoms with Crippen molar-refractivity contribution in [2.75, 3.05) is 0 Å². The predicted octanol–water partition coefficient (Wildman–Crippen LogP) is 3.46. The fourth-order valence-electron chi connectivity index (χ4n) is 2.46. The maximum Gasteiger partial charge on any atom is 0.262 e. The van der Waals surface area contributed by atoms with Crippen LogP contribution in [-0.4, -0.2) is 10.9 Å². The molecule has 1 amide bonds. The quantitative estimate of drug-likeness (QED) is 0.592. The number of rotatable bonds is 4. The van der Waals surface area contributed by atoms with Gasteiger partial charge in [0, 0.05) is 18.9 Å². The Morgan fingerprint density at radius 2 is 1.96 bits per heavy atom. The first-order valence-electron chi connectivity index (χ1n) is 7.54. The Morgan fingerprint density at radius 1 is 1.12 bits per heavy atom. The Bertz CT molecular complexity index is 935. The lowest BCUT2D eigenvalue weighted by Gasteiger charge is -2.05. The van der Waals surface area contributed by atoms with Crippen molar-refractivity contribution in [1.29, 1.82) is 5.26 Å². The molecule has 0 radical (unpaired) electrons. The fraction of sp³-hybridized carbons (Fsp3) is 0.0500. The third kappa shape index (κ3) is 3.47. The second kappa shape index (κ2) is 7.21. The molecule has 0 bridgehead atoms. The van der Waals surface area contributed by atoms with E-state index in [1.165, 1.54) is 0 Å². The van der Waals surface area contributed by atoms with Crippen molar-refractivity contribution >= 4 is 22.8 Å². The number of carbonyl (C=O) groups is 1. The van der Waals surface area contributed by atoms with Crippen LogP contribution in [0.4, 0.5) is 0 Å². The highest BCUT2D eigenvalue weighted by Crippen LogP contribution is 2.20. The Balaban J connectivity index is 1.83. The van der Waals surface area contributed by atoms with Crippen LogP contribution >= 0.6 is 0 Å². The van der Waals surface area contributed by atoms with E-state index in [1.54, 1.807) is 24.5 Å². The molecule has 0 aliphatic carbocycles. The number of hydrogen-bond acceptors (Lipinski definition) is 3. The van der Waals surface area contributed by atoms with Crippen LogP contribution in [0, 0.1) is 11.3 Å². The summed E-state index contributed by atoms with van der Waals surface area (Å²) in [5.41, 5.74) is 1.81. The molecule has 0 aliphatic rings. The van der Waals surface area contributed by atoms with Crippen molar-refractivity contribution in [2.24, 2.45) is 0 Å². The maximum absolute atomic E-state index is 12.3. The molecule has 0 saturated heterocycles. The topological polar surface area (TPSA) is 65.8 Å². The maximum atomic E-state index is 12.3. The van der Waals surface area contributed by atoms with E-state index in [4.69, 9.17) is 0 Å². The van der Waals surface area contributed by atoms with Gasteiger partial charge in [0.15, 0.2) is 0 Å². The molecular formula is C20H15N3O. The Morgan fingerprint density at radius 3 is 2.75 bits per heavy atom. The number of fused-ring (bicyclic) bond motifs is 1. The van der Waals surface area contributed by atoms with Gasteiger partial charge < -0.3 is 5.32 Å². The van der Waals surface area contributed by atoms with Crippen LogP contribution < -0.4 is 5.32 Å². The number of amides is 1. The molecule has 3 aromatic rings. The molecule has 0 saturated carbocycles. The SMILES string of the molecule is N#C/C(=C\c1cccc2ccccc12)C(=O)NCc1cccnc1. The first-order valence-corrected chi connectivity index (χ1v) is 7.54. The summed E-state index contributed by atoms with van der Waals surface area (Å²) in [4.78, 5) is 16.3. The van der Waals surface area contributed by atoms with Crippen molar-refractivity contribution in [1.82, 2.24) is 10.3 Å². The van der Waals surface area contributed by atoms with Crippen molar-refractivity contribution < 1.29 is 4.79 Å². The zero-order valence-corrected chi connectivity index (χ0v) is 12.9. The number of nitrogens with one attached hydrogen (secondary N) is 1. The third-order valence-corrected chi connectivity index (χ3v) is 3.66. The number of pyridine rings is 1. The van der Waals surface area contributed by atoms with Crippen LogP contribution in [0.5, 0.6) is 0 Å². The molecule has 0 unspecified atom stereocenters. The van der Waals surface area contributed by atoms with Gasteiger partial charge in [-0.05, 0) is 34.0 Å². The Kier molecular flexibility index (Phi) is 4.64. The second-order valence-corrected chi connectivity index (χ2v) is 5.28. The number of carbonyl (C=O) groups excluding carboxylic acids is 1. The van der Waals surface area contributed by atoms with Gasteiger partial charge in [-0.2, -0.15) is 5.26 Å². The summed E-state index contributed by atoms with van der Waals surface area (Å²) in [6.07, 6.45) is 4.98. The van der Waals surface area contributed by atoms with Crippen LogP contribution in [-0.2, 0) is 11.3 Å². The van der Waals surface area contributed by atoms with E-state index in [9.17, 15) is 10.1 Å². The minimum absolute atomic E-state index is 0.0789. The van der Waals surface area contributed by atoms with E-state index in [-0.39, 0.29) is 5.57 Å². The molecule has 0 atom stereocenters. The van der Waals surface area contributed by atoms with Crippen molar-refractivity contribution in [3.05, 3.63) is 83.7 Å². The average Bonchev–Trinajstić information content (AvgIpc) is 2.65. The van der Waals surface area contributed by atoms with Gasteiger partial charge in [-0.1, -0.05) is 48.5 Å². The zero-order valence-electron chi connectivity index (χ0n) is 12.9. The highest BCUT2D eigenvalue weighted by molar-refractivity contribution is 6.04. The molecule has 4 heteroatoms. The molecule has 116 valence electrons. The van der Waals surface area contributed by atoms with E-state index < -0.39 is 5.91 Å². The number of nitrogens with zero attached hydrogens (tertiary/aromatic N) is 2. The number of nitriles is 1. The normalized spacial score (nSPS) is 11.0. The molecular weight excluding hydrogens is 298 g/mol. The van der Waals surface area contributed by atoms with Gasteiger partial charge in [-0.3, -0.25) is 9.78 Å². The molecule has 0 fully saturated rings. The zero-order chi connectivity index (χ0) is 16.8. The fourth-order valence-corrected chi connectivity index (χ4v) is 2.46. The highest BCUT2D eigenvalue weighted by Gasteiger charge is 2.09. The van der Waals surface area contributed by atoms with Crippen LogP contribution in [0.2, 0.25) is 0 Å². The number of aromatic nitrogens is 1. The average molecular weight is 313 g/mol. The second-order valence-electron chi connectivity index (χ2n) is 5.28. The molecule has 1 N–H and O–H groups in total. The van der Waals surface area contributed by atoms with Gasteiger partial charge >= 0.3 is 0 Å². The lowest BCUT2D eigenvalue weighted by molar-refractivity contribution is -0.117. The number of benzene rings is 2. The first-order chi connectivity index (χ1) is 11.8. The van der Waals surface area contributed by atoms with Gasteiger partial charge in [0.25, 0.3) is 5.91 Å². The van der Waals surface area contributed by atoms with Crippen molar-refractivity contribution in [3.8, 4) is 6.07 Å². The molecule has 1 heterocycles. The lowest BCUT2D eigenvalue weighted by Crippen LogP contribution is -2.24. The van der Waals surface area contributed by atoms with Gasteiger partial charge in [0.2, 0.25) is 0 Å². The molecule has 1 aromatic heterocycles. The van der Waals surface area contributed by atoms with Gasteiger partial charge in [0.1, 0.15) is 11.6 Å². The van der Waals surface area contributed by atoms with Gasteiger partial charge in [0.05, 0.1) is 0 Å². The lowest BCUT2D eigenvalue weighted by atomic mass is 10.0. The van der Waals surface area contributed by atoms with Crippen LogP contribution in [0.25, 0.3) is 16.8 Å². The highest BCUT2D eigenvalue weighted by atomic mass is 16.1. The summed E-state index contributed by atoms with van der Waals surface area (Å²) < 4.78 is 0. The minimum Gasteiger partial charge on any atom is -0.347 e. The minimum atomic E-state index is -0.394. The van der Waals surface area contributed by atoms with Crippen molar-refractivity contribution in [3.63, 3.8) is 0 Å².